The number of piperidine rings is 1. The van der Waals surface area contributed by atoms with Crippen molar-refractivity contribution < 1.29 is 9.59 Å². The Hall–Kier alpha value is -2.66. The van der Waals surface area contributed by atoms with Crippen LogP contribution >= 0.6 is 0 Å². The highest BCUT2D eigenvalue weighted by Crippen LogP contribution is 2.32. The van der Waals surface area contributed by atoms with Crippen molar-refractivity contribution in [2.75, 3.05) is 20.1 Å². The van der Waals surface area contributed by atoms with Crippen LogP contribution in [-0.4, -0.2) is 53.5 Å². The van der Waals surface area contributed by atoms with Crippen LogP contribution in [0.1, 0.15) is 28.8 Å². The van der Waals surface area contributed by atoms with Crippen molar-refractivity contribution >= 4 is 11.8 Å². The number of carbonyl (C=O) groups excluding carboxylic acids is 2. The normalized spacial score (nSPS) is 21.7. The molecule has 2 aromatic carbocycles. The van der Waals surface area contributed by atoms with Gasteiger partial charge in [0.05, 0.1) is 11.7 Å². The summed E-state index contributed by atoms with van der Waals surface area (Å²) in [5, 5.41) is 3.59. The van der Waals surface area contributed by atoms with E-state index in [0.29, 0.717) is 19.5 Å². The lowest BCUT2D eigenvalue weighted by atomic mass is 9.95. The summed E-state index contributed by atoms with van der Waals surface area (Å²) >= 11 is 0. The average Bonchev–Trinajstić information content (AvgIpc) is 2.94. The fraction of sp³-hybridized carbons (Fsp3) is 0.364. The third-order valence-electron chi connectivity index (χ3n) is 5.89. The van der Waals surface area contributed by atoms with E-state index in [1.54, 1.807) is 0 Å². The Kier molecular flexibility index (Phi) is 4.70. The Morgan fingerprint density at radius 2 is 1.63 bits per heavy atom. The van der Waals surface area contributed by atoms with E-state index in [2.05, 4.69) is 17.4 Å². The van der Waals surface area contributed by atoms with E-state index in [4.69, 9.17) is 0 Å². The van der Waals surface area contributed by atoms with Gasteiger partial charge < -0.3 is 9.80 Å². The topological polar surface area (TPSA) is 52.7 Å². The number of likely N-dealkylation sites (tertiary alicyclic amines) is 1. The highest BCUT2D eigenvalue weighted by Gasteiger charge is 2.49. The Labute approximate surface area is 160 Å². The molecule has 1 atom stereocenters. The van der Waals surface area contributed by atoms with Crippen LogP contribution < -0.4 is 5.32 Å². The van der Waals surface area contributed by atoms with Gasteiger partial charge in [-0.1, -0.05) is 48.5 Å². The van der Waals surface area contributed by atoms with Crippen molar-refractivity contribution in [2.24, 2.45) is 0 Å². The van der Waals surface area contributed by atoms with Gasteiger partial charge in [0.1, 0.15) is 0 Å². The number of hydrogen-bond acceptors (Lipinski definition) is 3. The lowest BCUT2D eigenvalue weighted by Gasteiger charge is -2.43. The van der Waals surface area contributed by atoms with Gasteiger partial charge in [-0.25, -0.2) is 0 Å². The van der Waals surface area contributed by atoms with Crippen LogP contribution in [0.25, 0.3) is 0 Å². The highest BCUT2D eigenvalue weighted by molar-refractivity contribution is 5.94. The molecule has 1 unspecified atom stereocenters. The zero-order valence-electron chi connectivity index (χ0n) is 15.6. The van der Waals surface area contributed by atoms with Crippen LogP contribution in [-0.2, 0) is 11.2 Å². The Bertz CT molecular complexity index is 814. The minimum atomic E-state index is -0.343. The van der Waals surface area contributed by atoms with Gasteiger partial charge in [-0.05, 0) is 24.1 Å². The van der Waals surface area contributed by atoms with Crippen molar-refractivity contribution in [2.45, 2.75) is 31.0 Å². The lowest BCUT2D eigenvalue weighted by Crippen LogP contribution is -2.58. The highest BCUT2D eigenvalue weighted by atomic mass is 16.2. The third-order valence-corrected chi connectivity index (χ3v) is 5.89. The van der Waals surface area contributed by atoms with Gasteiger partial charge >= 0.3 is 0 Å². The molecule has 2 aromatic rings. The van der Waals surface area contributed by atoms with Gasteiger partial charge in [-0.2, -0.15) is 0 Å². The first-order valence-corrected chi connectivity index (χ1v) is 9.53. The maximum absolute atomic E-state index is 12.8. The quantitative estimate of drug-likeness (QED) is 0.910. The van der Waals surface area contributed by atoms with E-state index in [-0.39, 0.29) is 23.5 Å². The van der Waals surface area contributed by atoms with E-state index in [9.17, 15) is 9.59 Å². The summed E-state index contributed by atoms with van der Waals surface area (Å²) in [4.78, 5) is 29.2. The molecule has 27 heavy (non-hydrogen) atoms. The van der Waals surface area contributed by atoms with Crippen molar-refractivity contribution in [3.8, 4) is 0 Å². The van der Waals surface area contributed by atoms with Crippen LogP contribution in [0.15, 0.2) is 60.7 Å². The van der Waals surface area contributed by atoms with Crippen LogP contribution in [0.2, 0.25) is 0 Å². The molecule has 1 spiro atoms. The molecule has 140 valence electrons. The Balaban J connectivity index is 1.43. The third kappa shape index (κ3) is 3.35. The molecule has 5 heteroatoms. The molecule has 0 bridgehead atoms. The summed E-state index contributed by atoms with van der Waals surface area (Å²) in [6.07, 6.45) is 2.19. The molecular formula is C22H25N3O2. The van der Waals surface area contributed by atoms with E-state index in [1.807, 2.05) is 65.4 Å². The fourth-order valence-electron chi connectivity index (χ4n) is 4.24. The molecule has 2 saturated heterocycles. The Morgan fingerprint density at radius 3 is 2.26 bits per heavy atom. The van der Waals surface area contributed by atoms with E-state index in [1.165, 1.54) is 0 Å². The Morgan fingerprint density at radius 1 is 1.04 bits per heavy atom. The van der Waals surface area contributed by atoms with Gasteiger partial charge in [-0.15, -0.1) is 0 Å². The summed E-state index contributed by atoms with van der Waals surface area (Å²) in [6.45, 7) is 1.30. The first-order chi connectivity index (χ1) is 13.1. The van der Waals surface area contributed by atoms with Gasteiger partial charge in [0.15, 0.2) is 0 Å². The van der Waals surface area contributed by atoms with Crippen molar-refractivity contribution in [1.82, 2.24) is 15.1 Å². The van der Waals surface area contributed by atoms with Gasteiger partial charge in [-0.3, -0.25) is 14.9 Å². The maximum atomic E-state index is 12.8. The zero-order valence-corrected chi connectivity index (χ0v) is 15.6. The second kappa shape index (κ2) is 7.16. The first kappa shape index (κ1) is 17.7. The molecule has 4 rings (SSSR count). The number of rotatable bonds is 3. The standard InChI is InChI=1S/C22H25N3O2/c1-24-21(27)19(16-17-8-4-2-5-9-17)23-22(24)12-14-25(15-13-22)20(26)18-10-6-3-7-11-18/h2-11,19,23H,12-16H2,1H3. The molecule has 0 saturated carbocycles. The van der Waals surface area contributed by atoms with Crippen LogP contribution in [0.4, 0.5) is 0 Å². The second-order valence-corrected chi connectivity index (χ2v) is 7.47. The van der Waals surface area contributed by atoms with Crippen molar-refractivity contribution in [3.05, 3.63) is 71.8 Å². The number of likely N-dealkylation sites (N-methyl/N-ethyl adjacent to an activating group) is 1. The van der Waals surface area contributed by atoms with Gasteiger partial charge in [0, 0.05) is 38.5 Å². The predicted molar refractivity (Wildman–Crippen MR) is 104 cm³/mol. The molecule has 2 heterocycles. The fourth-order valence-corrected chi connectivity index (χ4v) is 4.24. The minimum absolute atomic E-state index is 0.0678. The molecule has 2 amide bonds. The molecular weight excluding hydrogens is 338 g/mol. The summed E-state index contributed by atoms with van der Waals surface area (Å²) in [5.74, 6) is 0.208. The summed E-state index contributed by atoms with van der Waals surface area (Å²) < 4.78 is 0. The van der Waals surface area contributed by atoms with Crippen molar-refractivity contribution in [1.29, 1.82) is 0 Å². The van der Waals surface area contributed by atoms with E-state index in [0.717, 1.165) is 24.0 Å². The molecule has 0 aromatic heterocycles. The molecule has 0 aliphatic carbocycles. The SMILES string of the molecule is CN1C(=O)C(Cc2ccccc2)NC12CCN(C(=O)c1ccccc1)CC2. The maximum Gasteiger partial charge on any atom is 0.253 e. The summed E-state index contributed by atoms with van der Waals surface area (Å²) in [5.41, 5.74) is 1.54. The number of nitrogens with one attached hydrogen (secondary N) is 1. The monoisotopic (exact) mass is 363 g/mol. The number of hydrogen-bond donors (Lipinski definition) is 1. The molecule has 1 N–H and O–H groups in total. The van der Waals surface area contributed by atoms with E-state index < -0.39 is 0 Å². The lowest BCUT2D eigenvalue weighted by molar-refractivity contribution is -0.131. The zero-order chi connectivity index (χ0) is 18.9. The van der Waals surface area contributed by atoms with Crippen molar-refractivity contribution in [3.63, 3.8) is 0 Å². The van der Waals surface area contributed by atoms with Gasteiger partial charge in [0.25, 0.3) is 5.91 Å². The first-order valence-electron chi connectivity index (χ1n) is 9.53. The smallest absolute Gasteiger partial charge is 0.253 e. The molecule has 2 fully saturated rings. The average molecular weight is 363 g/mol. The largest absolute Gasteiger partial charge is 0.338 e. The molecule has 2 aliphatic heterocycles. The van der Waals surface area contributed by atoms with Gasteiger partial charge in [0.2, 0.25) is 5.91 Å². The minimum Gasteiger partial charge on any atom is -0.338 e. The predicted octanol–water partition coefficient (Wildman–Crippen LogP) is 2.29. The summed E-state index contributed by atoms with van der Waals surface area (Å²) in [6, 6.07) is 19.3. The molecule has 2 aliphatic rings. The number of carbonyl (C=O) groups is 2. The number of benzene rings is 2. The molecule has 5 nitrogen and oxygen atoms in total. The number of amides is 2. The van der Waals surface area contributed by atoms with Crippen LogP contribution in [0.3, 0.4) is 0 Å². The second-order valence-electron chi connectivity index (χ2n) is 7.47. The number of nitrogens with zero attached hydrogens (tertiary/aromatic N) is 2. The van der Waals surface area contributed by atoms with E-state index >= 15 is 0 Å². The van der Waals surface area contributed by atoms with Crippen LogP contribution in [0.5, 0.6) is 0 Å². The van der Waals surface area contributed by atoms with Crippen LogP contribution in [0, 0.1) is 0 Å². The molecule has 0 radical (unpaired) electrons. The summed E-state index contributed by atoms with van der Waals surface area (Å²) in [7, 11) is 1.88.